The summed E-state index contributed by atoms with van der Waals surface area (Å²) in [6, 6.07) is 12.6. The molecule has 0 fully saturated rings. The molecule has 5 nitrogen and oxygen atoms in total. The van der Waals surface area contributed by atoms with Crippen molar-refractivity contribution in [3.8, 4) is 5.75 Å². The molecule has 2 aromatic carbocycles. The molecule has 0 atom stereocenters. The van der Waals surface area contributed by atoms with E-state index in [9.17, 15) is 9.18 Å². The van der Waals surface area contributed by atoms with Gasteiger partial charge in [0.25, 0.3) is 0 Å². The molecule has 6 heteroatoms. The van der Waals surface area contributed by atoms with E-state index >= 15 is 0 Å². The summed E-state index contributed by atoms with van der Waals surface area (Å²) in [5.74, 6) is -0.296. The molecule has 27 heavy (non-hydrogen) atoms. The highest BCUT2D eigenvalue weighted by atomic mass is 19.1. The SMILES string of the molecule is CCN(CC)c1ccc(NC(=O)CN(C)Cc2ccc(OC)c(F)c2)cc1. The first-order valence-corrected chi connectivity index (χ1v) is 9.12. The van der Waals surface area contributed by atoms with Gasteiger partial charge in [0.1, 0.15) is 0 Å². The summed E-state index contributed by atoms with van der Waals surface area (Å²) in [7, 11) is 3.26. The number of anilines is 2. The van der Waals surface area contributed by atoms with Crippen LogP contribution in [-0.4, -0.2) is 44.6 Å². The number of methoxy groups -OCH3 is 1. The highest BCUT2D eigenvalue weighted by Gasteiger charge is 2.10. The average Bonchev–Trinajstić information content (AvgIpc) is 2.64. The number of carbonyl (C=O) groups excluding carboxylic acids is 1. The summed E-state index contributed by atoms with van der Waals surface area (Å²) >= 11 is 0. The Hall–Kier alpha value is -2.60. The molecular formula is C21H28FN3O2. The zero-order valence-corrected chi connectivity index (χ0v) is 16.5. The molecule has 0 aliphatic carbocycles. The molecule has 0 radical (unpaired) electrons. The van der Waals surface area contributed by atoms with Gasteiger partial charge < -0.3 is 15.0 Å². The van der Waals surface area contributed by atoms with Crippen LogP contribution < -0.4 is 15.0 Å². The zero-order valence-electron chi connectivity index (χ0n) is 16.5. The fourth-order valence-electron chi connectivity index (χ4n) is 2.97. The Morgan fingerprint density at radius 3 is 2.33 bits per heavy atom. The molecule has 1 N–H and O–H groups in total. The Bertz CT molecular complexity index is 746. The lowest BCUT2D eigenvalue weighted by Gasteiger charge is -2.21. The second-order valence-corrected chi connectivity index (χ2v) is 6.41. The van der Waals surface area contributed by atoms with Crippen molar-refractivity contribution in [3.05, 3.63) is 53.8 Å². The second kappa shape index (κ2) is 9.92. The Balaban J connectivity index is 1.88. The molecule has 0 aromatic heterocycles. The molecular weight excluding hydrogens is 345 g/mol. The third kappa shape index (κ3) is 5.96. The van der Waals surface area contributed by atoms with Gasteiger partial charge in [-0.2, -0.15) is 0 Å². The molecule has 0 bridgehead atoms. The fraction of sp³-hybridized carbons (Fsp3) is 0.381. The Labute approximate surface area is 160 Å². The minimum Gasteiger partial charge on any atom is -0.494 e. The van der Waals surface area contributed by atoms with Gasteiger partial charge in [-0.15, -0.1) is 0 Å². The standard InChI is InChI=1S/C21H28FN3O2/c1-5-25(6-2)18-10-8-17(9-11-18)23-21(26)15-24(3)14-16-7-12-20(27-4)19(22)13-16/h7-13H,5-6,14-15H2,1-4H3,(H,23,26). The summed E-state index contributed by atoms with van der Waals surface area (Å²) in [5, 5.41) is 2.90. The van der Waals surface area contributed by atoms with Crippen LogP contribution >= 0.6 is 0 Å². The van der Waals surface area contributed by atoms with Crippen molar-refractivity contribution in [2.75, 3.05) is 44.0 Å². The molecule has 2 rings (SSSR count). The van der Waals surface area contributed by atoms with Crippen LogP contribution in [0, 0.1) is 5.82 Å². The van der Waals surface area contributed by atoms with E-state index in [0.29, 0.717) is 6.54 Å². The molecule has 0 heterocycles. The van der Waals surface area contributed by atoms with Gasteiger partial charge in [0.15, 0.2) is 11.6 Å². The lowest BCUT2D eigenvalue weighted by atomic mass is 10.2. The molecule has 2 aromatic rings. The van der Waals surface area contributed by atoms with Gasteiger partial charge in [-0.05, 0) is 62.9 Å². The number of hydrogen-bond acceptors (Lipinski definition) is 4. The van der Waals surface area contributed by atoms with E-state index in [2.05, 4.69) is 24.1 Å². The normalized spacial score (nSPS) is 10.7. The van der Waals surface area contributed by atoms with Gasteiger partial charge in [0.05, 0.1) is 13.7 Å². The lowest BCUT2D eigenvalue weighted by molar-refractivity contribution is -0.117. The number of nitrogens with one attached hydrogen (secondary N) is 1. The topological polar surface area (TPSA) is 44.8 Å². The number of ether oxygens (including phenoxy) is 1. The fourth-order valence-corrected chi connectivity index (χ4v) is 2.97. The third-order valence-corrected chi connectivity index (χ3v) is 4.36. The molecule has 146 valence electrons. The molecule has 1 amide bonds. The van der Waals surface area contributed by atoms with Crippen LogP contribution in [0.2, 0.25) is 0 Å². The molecule has 0 unspecified atom stereocenters. The highest BCUT2D eigenvalue weighted by Crippen LogP contribution is 2.19. The smallest absolute Gasteiger partial charge is 0.238 e. The minimum atomic E-state index is -0.402. The summed E-state index contributed by atoms with van der Waals surface area (Å²) in [6.07, 6.45) is 0. The maximum atomic E-state index is 13.8. The van der Waals surface area contributed by atoms with Gasteiger partial charge in [0, 0.05) is 31.0 Å². The van der Waals surface area contributed by atoms with Crippen LogP contribution in [-0.2, 0) is 11.3 Å². The lowest BCUT2D eigenvalue weighted by Crippen LogP contribution is -2.29. The first kappa shape index (κ1) is 20.7. The van der Waals surface area contributed by atoms with E-state index in [1.807, 2.05) is 36.2 Å². The number of carbonyl (C=O) groups is 1. The monoisotopic (exact) mass is 373 g/mol. The average molecular weight is 373 g/mol. The summed E-state index contributed by atoms with van der Waals surface area (Å²) < 4.78 is 18.7. The largest absolute Gasteiger partial charge is 0.494 e. The van der Waals surface area contributed by atoms with Crippen LogP contribution in [0.5, 0.6) is 5.75 Å². The van der Waals surface area contributed by atoms with Crippen LogP contribution in [0.3, 0.4) is 0 Å². The van der Waals surface area contributed by atoms with Crippen molar-refractivity contribution in [1.82, 2.24) is 4.90 Å². The number of amides is 1. The van der Waals surface area contributed by atoms with Crippen LogP contribution in [0.25, 0.3) is 0 Å². The second-order valence-electron chi connectivity index (χ2n) is 6.41. The van der Waals surface area contributed by atoms with E-state index in [1.165, 1.54) is 13.2 Å². The predicted molar refractivity (Wildman–Crippen MR) is 108 cm³/mol. The number of nitrogens with zero attached hydrogens (tertiary/aromatic N) is 2. The summed E-state index contributed by atoms with van der Waals surface area (Å²) in [6.45, 7) is 6.80. The van der Waals surface area contributed by atoms with Crippen molar-refractivity contribution in [3.63, 3.8) is 0 Å². The number of benzene rings is 2. The van der Waals surface area contributed by atoms with E-state index < -0.39 is 5.82 Å². The van der Waals surface area contributed by atoms with E-state index in [1.54, 1.807) is 12.1 Å². The maximum Gasteiger partial charge on any atom is 0.238 e. The quantitative estimate of drug-likeness (QED) is 0.727. The Morgan fingerprint density at radius 2 is 1.78 bits per heavy atom. The van der Waals surface area contributed by atoms with E-state index in [4.69, 9.17) is 4.74 Å². The van der Waals surface area contributed by atoms with E-state index in [-0.39, 0.29) is 18.2 Å². The minimum absolute atomic E-state index is 0.109. The number of rotatable bonds is 9. The number of halogens is 1. The number of likely N-dealkylation sites (N-methyl/N-ethyl adjacent to an activating group) is 1. The van der Waals surface area contributed by atoms with Crippen LogP contribution in [0.4, 0.5) is 15.8 Å². The molecule has 0 aliphatic rings. The first-order chi connectivity index (χ1) is 13.0. The first-order valence-electron chi connectivity index (χ1n) is 9.12. The van der Waals surface area contributed by atoms with Gasteiger partial charge in [-0.3, -0.25) is 9.69 Å². The van der Waals surface area contributed by atoms with Gasteiger partial charge in [0.2, 0.25) is 5.91 Å². The van der Waals surface area contributed by atoms with Crippen LogP contribution in [0.1, 0.15) is 19.4 Å². The Morgan fingerprint density at radius 1 is 1.11 bits per heavy atom. The number of hydrogen-bond donors (Lipinski definition) is 1. The maximum absolute atomic E-state index is 13.8. The molecule has 0 aliphatic heterocycles. The van der Waals surface area contributed by atoms with Crippen molar-refractivity contribution in [1.29, 1.82) is 0 Å². The summed E-state index contributed by atoms with van der Waals surface area (Å²) in [4.78, 5) is 16.3. The summed E-state index contributed by atoms with van der Waals surface area (Å²) in [5.41, 5.74) is 2.68. The zero-order chi connectivity index (χ0) is 19.8. The van der Waals surface area contributed by atoms with Crippen molar-refractivity contribution in [2.45, 2.75) is 20.4 Å². The van der Waals surface area contributed by atoms with E-state index in [0.717, 1.165) is 30.0 Å². The molecule has 0 saturated heterocycles. The van der Waals surface area contributed by atoms with Gasteiger partial charge in [-0.1, -0.05) is 6.07 Å². The highest BCUT2D eigenvalue weighted by molar-refractivity contribution is 5.92. The van der Waals surface area contributed by atoms with Crippen LogP contribution in [0.15, 0.2) is 42.5 Å². The van der Waals surface area contributed by atoms with Gasteiger partial charge in [-0.25, -0.2) is 4.39 Å². The molecule has 0 saturated carbocycles. The third-order valence-electron chi connectivity index (χ3n) is 4.36. The van der Waals surface area contributed by atoms with Gasteiger partial charge >= 0.3 is 0 Å². The molecule has 0 spiro atoms. The Kier molecular flexibility index (Phi) is 7.61. The predicted octanol–water partition coefficient (Wildman–Crippen LogP) is 3.75. The van der Waals surface area contributed by atoms with Crippen molar-refractivity contribution in [2.24, 2.45) is 0 Å². The van der Waals surface area contributed by atoms with Crippen molar-refractivity contribution >= 4 is 17.3 Å². The van der Waals surface area contributed by atoms with Crippen molar-refractivity contribution < 1.29 is 13.9 Å².